The molecule has 0 amide bonds. The Bertz CT molecular complexity index is 554. The third kappa shape index (κ3) is 3.73. The Morgan fingerprint density at radius 2 is 1.95 bits per heavy atom. The lowest BCUT2D eigenvalue weighted by molar-refractivity contribution is 0.384. The second-order valence-corrected chi connectivity index (χ2v) is 7.86. The molecule has 5 heteroatoms. The van der Waals surface area contributed by atoms with Gasteiger partial charge in [-0.05, 0) is 38.3 Å². The summed E-state index contributed by atoms with van der Waals surface area (Å²) in [4.78, 5) is 0. The van der Waals surface area contributed by atoms with E-state index >= 15 is 0 Å². The third-order valence-corrected chi connectivity index (χ3v) is 5.61. The van der Waals surface area contributed by atoms with Crippen molar-refractivity contribution in [2.75, 3.05) is 18.6 Å². The molecular formula is C15H23NO3S. The molecule has 1 aliphatic rings. The van der Waals surface area contributed by atoms with Crippen LogP contribution in [0, 0.1) is 6.92 Å². The van der Waals surface area contributed by atoms with Crippen molar-refractivity contribution in [3.05, 3.63) is 29.3 Å². The van der Waals surface area contributed by atoms with Gasteiger partial charge in [0.15, 0.2) is 0 Å². The van der Waals surface area contributed by atoms with Gasteiger partial charge in [-0.25, -0.2) is 8.42 Å². The number of hydrogen-bond donors (Lipinski definition) is 1. The predicted molar refractivity (Wildman–Crippen MR) is 81.0 cm³/mol. The third-order valence-electron chi connectivity index (χ3n) is 3.90. The van der Waals surface area contributed by atoms with Crippen molar-refractivity contribution in [3.63, 3.8) is 0 Å². The van der Waals surface area contributed by atoms with Crippen LogP contribution in [0.15, 0.2) is 18.2 Å². The number of ether oxygens (including phenoxy) is 1. The largest absolute Gasteiger partial charge is 0.496 e. The fourth-order valence-electron chi connectivity index (χ4n) is 2.68. The molecule has 0 spiro atoms. The molecule has 1 saturated heterocycles. The predicted octanol–water partition coefficient (Wildman–Crippen LogP) is 2.23. The van der Waals surface area contributed by atoms with Gasteiger partial charge in [0, 0.05) is 17.6 Å². The molecule has 112 valence electrons. The quantitative estimate of drug-likeness (QED) is 0.926. The SMILES string of the molecule is COc1cc(C)ccc1C(C)NC1CCS(=O)(=O)CC1. The lowest BCUT2D eigenvalue weighted by Gasteiger charge is -2.27. The second kappa shape index (κ2) is 6.14. The van der Waals surface area contributed by atoms with Crippen molar-refractivity contribution in [2.45, 2.75) is 38.8 Å². The van der Waals surface area contributed by atoms with Gasteiger partial charge in [0.2, 0.25) is 0 Å². The summed E-state index contributed by atoms with van der Waals surface area (Å²) in [6, 6.07) is 6.59. The molecular weight excluding hydrogens is 274 g/mol. The minimum Gasteiger partial charge on any atom is -0.496 e. The highest BCUT2D eigenvalue weighted by Gasteiger charge is 2.25. The maximum atomic E-state index is 11.4. The minimum absolute atomic E-state index is 0.149. The van der Waals surface area contributed by atoms with E-state index in [1.807, 2.05) is 13.0 Å². The normalized spacial score (nSPS) is 20.6. The lowest BCUT2D eigenvalue weighted by Crippen LogP contribution is -2.38. The summed E-state index contributed by atoms with van der Waals surface area (Å²) < 4.78 is 28.3. The van der Waals surface area contributed by atoms with Gasteiger partial charge in [-0.2, -0.15) is 0 Å². The molecule has 1 heterocycles. The van der Waals surface area contributed by atoms with E-state index < -0.39 is 9.84 Å². The first kappa shape index (κ1) is 15.3. The van der Waals surface area contributed by atoms with Gasteiger partial charge in [-0.1, -0.05) is 12.1 Å². The van der Waals surface area contributed by atoms with Gasteiger partial charge in [-0.15, -0.1) is 0 Å². The molecule has 1 aliphatic heterocycles. The van der Waals surface area contributed by atoms with Crippen molar-refractivity contribution >= 4 is 9.84 Å². The average molecular weight is 297 g/mol. The van der Waals surface area contributed by atoms with E-state index in [1.165, 1.54) is 5.56 Å². The van der Waals surface area contributed by atoms with Crippen LogP contribution < -0.4 is 10.1 Å². The molecule has 1 fully saturated rings. The zero-order valence-corrected chi connectivity index (χ0v) is 13.2. The lowest BCUT2D eigenvalue weighted by atomic mass is 10.0. The Morgan fingerprint density at radius 1 is 1.30 bits per heavy atom. The van der Waals surface area contributed by atoms with E-state index in [0.29, 0.717) is 24.3 Å². The van der Waals surface area contributed by atoms with Gasteiger partial charge in [-0.3, -0.25) is 0 Å². The summed E-state index contributed by atoms with van der Waals surface area (Å²) >= 11 is 0. The van der Waals surface area contributed by atoms with Crippen LogP contribution in [-0.2, 0) is 9.84 Å². The van der Waals surface area contributed by atoms with E-state index in [2.05, 4.69) is 24.4 Å². The van der Waals surface area contributed by atoms with Crippen LogP contribution in [0.5, 0.6) is 5.75 Å². The zero-order valence-electron chi connectivity index (χ0n) is 12.3. The Labute approximate surface area is 121 Å². The van der Waals surface area contributed by atoms with Crippen molar-refractivity contribution in [2.24, 2.45) is 0 Å². The van der Waals surface area contributed by atoms with Crippen LogP contribution in [0.1, 0.15) is 36.9 Å². The Hall–Kier alpha value is -1.07. The zero-order chi connectivity index (χ0) is 14.8. The van der Waals surface area contributed by atoms with E-state index in [-0.39, 0.29) is 12.1 Å². The van der Waals surface area contributed by atoms with Crippen molar-refractivity contribution < 1.29 is 13.2 Å². The summed E-state index contributed by atoms with van der Waals surface area (Å²) in [6.45, 7) is 4.13. The standard InChI is InChI=1S/C15H23NO3S/c1-11-4-5-14(15(10-11)19-3)12(2)16-13-6-8-20(17,18)9-7-13/h4-5,10,12-13,16H,6-9H2,1-3H3. The highest BCUT2D eigenvalue weighted by molar-refractivity contribution is 7.91. The van der Waals surface area contributed by atoms with Crippen molar-refractivity contribution in [3.8, 4) is 5.75 Å². The summed E-state index contributed by atoms with van der Waals surface area (Å²) in [5.41, 5.74) is 2.29. The smallest absolute Gasteiger partial charge is 0.150 e. The second-order valence-electron chi connectivity index (χ2n) is 5.56. The summed E-state index contributed by atoms with van der Waals surface area (Å²) in [6.07, 6.45) is 1.39. The average Bonchev–Trinajstić information content (AvgIpc) is 2.40. The van der Waals surface area contributed by atoms with Gasteiger partial charge >= 0.3 is 0 Å². The van der Waals surface area contributed by atoms with Gasteiger partial charge in [0.1, 0.15) is 15.6 Å². The van der Waals surface area contributed by atoms with Crippen molar-refractivity contribution in [1.29, 1.82) is 0 Å². The van der Waals surface area contributed by atoms with Gasteiger partial charge in [0.05, 0.1) is 18.6 Å². The molecule has 0 aliphatic carbocycles. The van der Waals surface area contributed by atoms with E-state index in [4.69, 9.17) is 4.74 Å². The molecule has 0 aromatic heterocycles. The fraction of sp³-hybridized carbons (Fsp3) is 0.600. The first-order valence-corrected chi connectivity index (χ1v) is 8.84. The molecule has 20 heavy (non-hydrogen) atoms. The molecule has 1 unspecified atom stereocenters. The number of aryl methyl sites for hydroxylation is 1. The Kier molecular flexibility index (Phi) is 4.70. The first-order valence-electron chi connectivity index (χ1n) is 7.02. The van der Waals surface area contributed by atoms with Gasteiger partial charge < -0.3 is 10.1 Å². The number of benzene rings is 1. The molecule has 0 radical (unpaired) electrons. The highest BCUT2D eigenvalue weighted by Crippen LogP contribution is 2.27. The molecule has 1 N–H and O–H groups in total. The molecule has 4 nitrogen and oxygen atoms in total. The van der Waals surface area contributed by atoms with Crippen LogP contribution >= 0.6 is 0 Å². The van der Waals surface area contributed by atoms with E-state index in [1.54, 1.807) is 7.11 Å². The van der Waals surface area contributed by atoms with Crippen LogP contribution in [-0.4, -0.2) is 33.1 Å². The molecule has 2 rings (SSSR count). The number of hydrogen-bond acceptors (Lipinski definition) is 4. The monoisotopic (exact) mass is 297 g/mol. The number of nitrogens with one attached hydrogen (secondary N) is 1. The van der Waals surface area contributed by atoms with E-state index in [0.717, 1.165) is 11.3 Å². The van der Waals surface area contributed by atoms with Crippen molar-refractivity contribution in [1.82, 2.24) is 5.32 Å². The van der Waals surface area contributed by atoms with Crippen LogP contribution in [0.4, 0.5) is 0 Å². The molecule has 1 aromatic carbocycles. The highest BCUT2D eigenvalue weighted by atomic mass is 32.2. The molecule has 0 saturated carbocycles. The van der Waals surface area contributed by atoms with Gasteiger partial charge in [0.25, 0.3) is 0 Å². The van der Waals surface area contributed by atoms with E-state index in [9.17, 15) is 8.42 Å². The van der Waals surface area contributed by atoms with Crippen LogP contribution in [0.2, 0.25) is 0 Å². The first-order chi connectivity index (χ1) is 9.41. The van der Waals surface area contributed by atoms with Crippen LogP contribution in [0.3, 0.4) is 0 Å². The number of methoxy groups -OCH3 is 1. The summed E-state index contributed by atoms with van der Waals surface area (Å²) in [7, 11) is -1.12. The Morgan fingerprint density at radius 3 is 2.55 bits per heavy atom. The molecule has 0 bridgehead atoms. The minimum atomic E-state index is -2.80. The summed E-state index contributed by atoms with van der Waals surface area (Å²) in [5, 5.41) is 3.52. The summed E-state index contributed by atoms with van der Waals surface area (Å²) in [5.74, 6) is 1.47. The Balaban J connectivity index is 2.04. The molecule has 1 atom stereocenters. The number of sulfone groups is 1. The van der Waals surface area contributed by atoms with Crippen LogP contribution in [0.25, 0.3) is 0 Å². The maximum Gasteiger partial charge on any atom is 0.150 e. The maximum absolute atomic E-state index is 11.4. The fourth-order valence-corrected chi connectivity index (χ4v) is 4.17. The topological polar surface area (TPSA) is 55.4 Å². The molecule has 1 aromatic rings. The number of rotatable bonds is 4.